The van der Waals surface area contributed by atoms with E-state index in [0.717, 1.165) is 0 Å². The Bertz CT molecular complexity index is 554. The molecule has 3 heteroatoms. The van der Waals surface area contributed by atoms with Crippen LogP contribution in [-0.4, -0.2) is 0 Å². The van der Waals surface area contributed by atoms with Gasteiger partial charge in [0.25, 0.3) is 0 Å². The van der Waals surface area contributed by atoms with Gasteiger partial charge in [0, 0.05) is 5.56 Å². The predicted octanol–water partition coefficient (Wildman–Crippen LogP) is 3.58. The van der Waals surface area contributed by atoms with Gasteiger partial charge in [0.15, 0.2) is 0 Å². The lowest BCUT2D eigenvalue weighted by Crippen LogP contribution is -2.38. The van der Waals surface area contributed by atoms with Crippen LogP contribution in [0.5, 0.6) is 0 Å². The van der Waals surface area contributed by atoms with Gasteiger partial charge in [-0.2, -0.15) is 0 Å². The molecule has 2 aromatic carbocycles. The van der Waals surface area contributed by atoms with Gasteiger partial charge in [-0.25, -0.2) is 8.78 Å². The highest BCUT2D eigenvalue weighted by Crippen LogP contribution is 2.32. The van der Waals surface area contributed by atoms with Crippen LogP contribution in [0.4, 0.5) is 8.78 Å². The number of halogens is 2. The molecule has 0 spiro atoms. The standard InChI is InChI=1S/C15H15F2N/c1-2-15(18,11-6-5-7-12(16)10-11)13-8-3-4-9-14(13)17/h3-10H,2,18H2,1H3. The summed E-state index contributed by atoms with van der Waals surface area (Å²) in [7, 11) is 0. The third-order valence-electron chi connectivity index (χ3n) is 3.25. The van der Waals surface area contributed by atoms with Crippen LogP contribution in [0.15, 0.2) is 48.5 Å². The topological polar surface area (TPSA) is 26.0 Å². The van der Waals surface area contributed by atoms with E-state index in [2.05, 4.69) is 0 Å². The van der Waals surface area contributed by atoms with Gasteiger partial charge in [-0.1, -0.05) is 37.3 Å². The van der Waals surface area contributed by atoms with Gasteiger partial charge in [-0.05, 0) is 30.2 Å². The average molecular weight is 247 g/mol. The average Bonchev–Trinajstić information content (AvgIpc) is 2.38. The van der Waals surface area contributed by atoms with E-state index in [1.807, 2.05) is 6.92 Å². The van der Waals surface area contributed by atoms with Gasteiger partial charge < -0.3 is 5.73 Å². The molecular weight excluding hydrogens is 232 g/mol. The fraction of sp³-hybridized carbons (Fsp3) is 0.200. The summed E-state index contributed by atoms with van der Waals surface area (Å²) in [5.74, 6) is -0.738. The van der Waals surface area contributed by atoms with Crippen LogP contribution in [-0.2, 0) is 5.54 Å². The van der Waals surface area contributed by atoms with E-state index < -0.39 is 5.54 Å². The summed E-state index contributed by atoms with van der Waals surface area (Å²) in [5.41, 5.74) is 6.26. The highest BCUT2D eigenvalue weighted by molar-refractivity contribution is 5.38. The van der Waals surface area contributed by atoms with Crippen molar-refractivity contribution in [3.05, 3.63) is 71.3 Å². The highest BCUT2D eigenvalue weighted by Gasteiger charge is 2.30. The molecule has 2 N–H and O–H groups in total. The molecule has 18 heavy (non-hydrogen) atoms. The van der Waals surface area contributed by atoms with Crippen LogP contribution in [0.3, 0.4) is 0 Å². The smallest absolute Gasteiger partial charge is 0.128 e. The monoisotopic (exact) mass is 247 g/mol. The lowest BCUT2D eigenvalue weighted by molar-refractivity contribution is 0.476. The van der Waals surface area contributed by atoms with E-state index in [1.54, 1.807) is 30.3 Å². The van der Waals surface area contributed by atoms with E-state index in [-0.39, 0.29) is 11.6 Å². The molecule has 94 valence electrons. The van der Waals surface area contributed by atoms with Gasteiger partial charge in [0.05, 0.1) is 5.54 Å². The molecule has 0 aliphatic rings. The summed E-state index contributed by atoms with van der Waals surface area (Å²) in [6.07, 6.45) is 0.484. The van der Waals surface area contributed by atoms with Crippen molar-refractivity contribution in [1.82, 2.24) is 0 Å². The second-order valence-corrected chi connectivity index (χ2v) is 4.32. The molecule has 0 aromatic heterocycles. The minimum atomic E-state index is -1.01. The van der Waals surface area contributed by atoms with Crippen LogP contribution < -0.4 is 5.73 Å². The Morgan fingerprint density at radius 1 is 1.06 bits per heavy atom. The normalized spacial score (nSPS) is 14.2. The van der Waals surface area contributed by atoms with Crippen LogP contribution in [0.2, 0.25) is 0 Å². The van der Waals surface area contributed by atoms with Crippen LogP contribution in [0, 0.1) is 11.6 Å². The first-order chi connectivity index (χ1) is 8.58. The van der Waals surface area contributed by atoms with Gasteiger partial charge in [0.2, 0.25) is 0 Å². The molecule has 0 radical (unpaired) electrons. The first kappa shape index (κ1) is 12.7. The Hall–Kier alpha value is -1.74. The Labute approximate surface area is 105 Å². The van der Waals surface area contributed by atoms with E-state index in [1.165, 1.54) is 18.2 Å². The molecule has 0 heterocycles. The van der Waals surface area contributed by atoms with Crippen molar-refractivity contribution in [3.63, 3.8) is 0 Å². The van der Waals surface area contributed by atoms with Crippen molar-refractivity contribution in [2.24, 2.45) is 5.73 Å². The lowest BCUT2D eigenvalue weighted by Gasteiger charge is -2.29. The maximum absolute atomic E-state index is 13.9. The van der Waals surface area contributed by atoms with Gasteiger partial charge in [-0.3, -0.25) is 0 Å². The zero-order chi connectivity index (χ0) is 13.2. The number of hydrogen-bond donors (Lipinski definition) is 1. The van der Waals surface area contributed by atoms with Crippen molar-refractivity contribution in [3.8, 4) is 0 Å². The molecule has 1 atom stereocenters. The number of benzene rings is 2. The Balaban J connectivity index is 2.59. The van der Waals surface area contributed by atoms with Gasteiger partial charge in [0.1, 0.15) is 11.6 Å². The van der Waals surface area contributed by atoms with Crippen molar-refractivity contribution in [2.45, 2.75) is 18.9 Å². The molecule has 1 nitrogen and oxygen atoms in total. The minimum absolute atomic E-state index is 0.368. The quantitative estimate of drug-likeness (QED) is 0.881. The van der Waals surface area contributed by atoms with E-state index in [4.69, 9.17) is 5.73 Å². The Morgan fingerprint density at radius 3 is 2.39 bits per heavy atom. The number of rotatable bonds is 3. The summed E-state index contributed by atoms with van der Waals surface area (Å²) in [6.45, 7) is 1.86. The van der Waals surface area contributed by atoms with Crippen molar-refractivity contribution in [2.75, 3.05) is 0 Å². The molecule has 0 bridgehead atoms. The fourth-order valence-corrected chi connectivity index (χ4v) is 2.14. The number of nitrogens with two attached hydrogens (primary N) is 1. The summed E-state index contributed by atoms with van der Waals surface area (Å²) >= 11 is 0. The number of hydrogen-bond acceptors (Lipinski definition) is 1. The molecular formula is C15H15F2N. The molecule has 0 amide bonds. The maximum atomic E-state index is 13.9. The SMILES string of the molecule is CCC(N)(c1cccc(F)c1)c1ccccc1F. The molecule has 0 aliphatic heterocycles. The third kappa shape index (κ3) is 2.14. The summed E-state index contributed by atoms with van der Waals surface area (Å²) in [4.78, 5) is 0. The van der Waals surface area contributed by atoms with Crippen LogP contribution >= 0.6 is 0 Å². The first-order valence-electron chi connectivity index (χ1n) is 5.88. The molecule has 2 rings (SSSR count). The lowest BCUT2D eigenvalue weighted by atomic mass is 9.81. The highest BCUT2D eigenvalue weighted by atomic mass is 19.1. The molecule has 1 unspecified atom stereocenters. The first-order valence-corrected chi connectivity index (χ1v) is 5.88. The zero-order valence-corrected chi connectivity index (χ0v) is 10.2. The molecule has 0 aliphatic carbocycles. The van der Waals surface area contributed by atoms with E-state index in [0.29, 0.717) is 17.5 Å². The third-order valence-corrected chi connectivity index (χ3v) is 3.25. The summed E-state index contributed by atoms with van der Waals surface area (Å²) in [5, 5.41) is 0. The maximum Gasteiger partial charge on any atom is 0.128 e. The molecule has 0 fully saturated rings. The predicted molar refractivity (Wildman–Crippen MR) is 68.1 cm³/mol. The Morgan fingerprint density at radius 2 is 1.78 bits per heavy atom. The molecule has 2 aromatic rings. The fourth-order valence-electron chi connectivity index (χ4n) is 2.14. The second kappa shape index (κ2) is 4.86. The van der Waals surface area contributed by atoms with Gasteiger partial charge in [-0.15, -0.1) is 0 Å². The zero-order valence-electron chi connectivity index (χ0n) is 10.2. The van der Waals surface area contributed by atoms with Crippen molar-refractivity contribution >= 4 is 0 Å². The molecule has 0 saturated carbocycles. The minimum Gasteiger partial charge on any atom is -0.318 e. The largest absolute Gasteiger partial charge is 0.318 e. The van der Waals surface area contributed by atoms with Crippen molar-refractivity contribution < 1.29 is 8.78 Å². The summed E-state index contributed by atoms with van der Waals surface area (Å²) < 4.78 is 27.2. The van der Waals surface area contributed by atoms with Crippen LogP contribution in [0.25, 0.3) is 0 Å². The Kier molecular flexibility index (Phi) is 3.43. The van der Waals surface area contributed by atoms with Gasteiger partial charge >= 0.3 is 0 Å². The van der Waals surface area contributed by atoms with E-state index in [9.17, 15) is 8.78 Å². The van der Waals surface area contributed by atoms with E-state index >= 15 is 0 Å². The molecule has 0 saturated heterocycles. The summed E-state index contributed by atoms with van der Waals surface area (Å²) in [6, 6.07) is 12.4. The second-order valence-electron chi connectivity index (χ2n) is 4.32. The van der Waals surface area contributed by atoms with Crippen molar-refractivity contribution in [1.29, 1.82) is 0 Å². The van der Waals surface area contributed by atoms with Crippen LogP contribution in [0.1, 0.15) is 24.5 Å².